The van der Waals surface area contributed by atoms with Crippen molar-refractivity contribution in [1.29, 1.82) is 0 Å². The van der Waals surface area contributed by atoms with Crippen LogP contribution >= 0.6 is 0 Å². The highest BCUT2D eigenvalue weighted by Crippen LogP contribution is 2.45. The summed E-state index contributed by atoms with van der Waals surface area (Å²) in [6, 6.07) is 10.7. The van der Waals surface area contributed by atoms with Gasteiger partial charge in [-0.2, -0.15) is 0 Å². The molecule has 21 heavy (non-hydrogen) atoms. The molecule has 1 nitrogen and oxygen atoms in total. The Balaban J connectivity index is 2.11. The second kappa shape index (κ2) is 7.98. The topological polar surface area (TPSA) is 20.2 Å². The second-order valence-electron chi connectivity index (χ2n) is 6.93. The molecule has 1 aliphatic carbocycles. The van der Waals surface area contributed by atoms with Gasteiger partial charge in [-0.15, -0.1) is 0 Å². The Labute approximate surface area is 130 Å². The van der Waals surface area contributed by atoms with Gasteiger partial charge in [0, 0.05) is 5.92 Å². The van der Waals surface area contributed by atoms with Crippen LogP contribution in [0.5, 0.6) is 0 Å². The third-order valence-electron chi connectivity index (χ3n) is 5.39. The van der Waals surface area contributed by atoms with Gasteiger partial charge in [0.05, 0.1) is 5.60 Å². The lowest BCUT2D eigenvalue weighted by Gasteiger charge is -2.42. The zero-order chi connectivity index (χ0) is 15.1. The third-order valence-corrected chi connectivity index (χ3v) is 5.39. The fourth-order valence-electron chi connectivity index (χ4n) is 4.07. The molecule has 0 aromatic heterocycles. The SMILES string of the molecule is CCCCC(CC)CC1(O)CCCCC1c1ccccc1. The number of benzene rings is 1. The van der Waals surface area contributed by atoms with E-state index in [9.17, 15) is 5.11 Å². The normalized spacial score (nSPS) is 27.5. The molecule has 2 rings (SSSR count). The molecule has 0 spiro atoms. The Morgan fingerprint density at radius 2 is 1.95 bits per heavy atom. The first kappa shape index (κ1) is 16.5. The minimum atomic E-state index is -0.478. The molecule has 1 aromatic carbocycles. The van der Waals surface area contributed by atoms with Crippen molar-refractivity contribution in [3.63, 3.8) is 0 Å². The molecule has 0 heterocycles. The maximum absolute atomic E-state index is 11.4. The fraction of sp³-hybridized carbons (Fsp3) is 0.700. The summed E-state index contributed by atoms with van der Waals surface area (Å²) in [5.41, 5.74) is 0.860. The molecule has 1 heteroatoms. The van der Waals surface area contributed by atoms with E-state index < -0.39 is 5.60 Å². The van der Waals surface area contributed by atoms with E-state index in [4.69, 9.17) is 0 Å². The van der Waals surface area contributed by atoms with Gasteiger partial charge in [0.2, 0.25) is 0 Å². The van der Waals surface area contributed by atoms with Crippen LogP contribution in [0.2, 0.25) is 0 Å². The third kappa shape index (κ3) is 4.32. The number of rotatable bonds is 7. The summed E-state index contributed by atoms with van der Waals surface area (Å²) >= 11 is 0. The van der Waals surface area contributed by atoms with Gasteiger partial charge in [-0.1, -0.05) is 82.7 Å². The first-order chi connectivity index (χ1) is 10.2. The number of aliphatic hydroxyl groups is 1. The molecule has 0 bridgehead atoms. The number of unbranched alkanes of at least 4 members (excludes halogenated alkanes) is 1. The summed E-state index contributed by atoms with van der Waals surface area (Å²) in [7, 11) is 0. The predicted octanol–water partition coefficient (Wildman–Crippen LogP) is 5.68. The van der Waals surface area contributed by atoms with Crippen LogP contribution in [-0.4, -0.2) is 10.7 Å². The quantitative estimate of drug-likeness (QED) is 0.684. The minimum absolute atomic E-state index is 0.336. The van der Waals surface area contributed by atoms with Crippen LogP contribution in [0.3, 0.4) is 0 Å². The first-order valence-corrected chi connectivity index (χ1v) is 8.97. The molecule has 3 unspecified atom stereocenters. The van der Waals surface area contributed by atoms with E-state index in [1.807, 2.05) is 0 Å². The highest BCUT2D eigenvalue weighted by Gasteiger charge is 2.40. The fourth-order valence-corrected chi connectivity index (χ4v) is 4.07. The average molecular weight is 288 g/mol. The van der Waals surface area contributed by atoms with Crippen LogP contribution in [0.1, 0.15) is 83.1 Å². The Morgan fingerprint density at radius 1 is 1.19 bits per heavy atom. The molecular formula is C20H32O. The standard InChI is InChI=1S/C20H32O/c1-3-5-11-17(4-2)16-20(21)15-10-9-14-19(20)18-12-7-6-8-13-18/h6-8,12-13,17,19,21H,3-5,9-11,14-16H2,1-2H3. The monoisotopic (exact) mass is 288 g/mol. The van der Waals surface area contributed by atoms with Crippen molar-refractivity contribution in [2.75, 3.05) is 0 Å². The van der Waals surface area contributed by atoms with Gasteiger partial charge in [-0.25, -0.2) is 0 Å². The molecular weight excluding hydrogens is 256 g/mol. The number of hydrogen-bond acceptors (Lipinski definition) is 1. The molecule has 0 saturated heterocycles. The Kier molecular flexibility index (Phi) is 6.29. The van der Waals surface area contributed by atoms with Crippen molar-refractivity contribution in [2.45, 2.75) is 83.2 Å². The van der Waals surface area contributed by atoms with Crippen molar-refractivity contribution in [2.24, 2.45) is 5.92 Å². The van der Waals surface area contributed by atoms with Crippen LogP contribution in [0.15, 0.2) is 30.3 Å². The molecule has 1 saturated carbocycles. The van der Waals surface area contributed by atoms with Gasteiger partial charge in [0.1, 0.15) is 0 Å². The maximum Gasteiger partial charge on any atom is 0.0718 e. The van der Waals surface area contributed by atoms with Crippen molar-refractivity contribution < 1.29 is 5.11 Å². The Hall–Kier alpha value is -0.820. The molecule has 1 aromatic rings. The highest BCUT2D eigenvalue weighted by molar-refractivity contribution is 5.23. The van der Waals surface area contributed by atoms with Gasteiger partial charge in [0.25, 0.3) is 0 Å². The van der Waals surface area contributed by atoms with Gasteiger partial charge >= 0.3 is 0 Å². The van der Waals surface area contributed by atoms with Gasteiger partial charge in [-0.3, -0.25) is 0 Å². The van der Waals surface area contributed by atoms with E-state index >= 15 is 0 Å². The molecule has 3 atom stereocenters. The maximum atomic E-state index is 11.4. The summed E-state index contributed by atoms with van der Waals surface area (Å²) in [6.07, 6.45) is 10.6. The largest absolute Gasteiger partial charge is 0.389 e. The molecule has 0 radical (unpaired) electrons. The number of hydrogen-bond donors (Lipinski definition) is 1. The van der Waals surface area contributed by atoms with E-state index in [0.717, 1.165) is 19.3 Å². The van der Waals surface area contributed by atoms with Gasteiger partial charge in [0.15, 0.2) is 0 Å². The van der Waals surface area contributed by atoms with Crippen molar-refractivity contribution >= 4 is 0 Å². The molecule has 1 fully saturated rings. The average Bonchev–Trinajstić information content (AvgIpc) is 2.52. The van der Waals surface area contributed by atoms with Crippen LogP contribution in [0.25, 0.3) is 0 Å². The summed E-state index contributed by atoms with van der Waals surface area (Å²) in [5, 5.41) is 11.4. The van der Waals surface area contributed by atoms with Crippen molar-refractivity contribution in [3.05, 3.63) is 35.9 Å². The van der Waals surface area contributed by atoms with Crippen molar-refractivity contribution in [3.8, 4) is 0 Å². The van der Waals surface area contributed by atoms with Gasteiger partial charge < -0.3 is 5.11 Å². The molecule has 1 N–H and O–H groups in total. The van der Waals surface area contributed by atoms with Crippen molar-refractivity contribution in [1.82, 2.24) is 0 Å². The summed E-state index contributed by atoms with van der Waals surface area (Å²) < 4.78 is 0. The van der Waals surface area contributed by atoms with Crippen LogP contribution < -0.4 is 0 Å². The van der Waals surface area contributed by atoms with E-state index in [1.54, 1.807) is 0 Å². The second-order valence-corrected chi connectivity index (χ2v) is 6.93. The van der Waals surface area contributed by atoms with E-state index in [-0.39, 0.29) is 0 Å². The lowest BCUT2D eigenvalue weighted by Crippen LogP contribution is -2.40. The zero-order valence-electron chi connectivity index (χ0n) is 13.9. The Morgan fingerprint density at radius 3 is 2.62 bits per heavy atom. The lowest BCUT2D eigenvalue weighted by molar-refractivity contribution is -0.0387. The van der Waals surface area contributed by atoms with E-state index in [1.165, 1.54) is 44.1 Å². The van der Waals surface area contributed by atoms with Gasteiger partial charge in [-0.05, 0) is 30.7 Å². The molecule has 118 valence electrons. The molecule has 0 amide bonds. The zero-order valence-corrected chi connectivity index (χ0v) is 13.9. The molecule has 0 aliphatic heterocycles. The summed E-state index contributed by atoms with van der Waals surface area (Å²) in [6.45, 7) is 4.54. The first-order valence-electron chi connectivity index (χ1n) is 8.97. The smallest absolute Gasteiger partial charge is 0.0718 e. The summed E-state index contributed by atoms with van der Waals surface area (Å²) in [4.78, 5) is 0. The summed E-state index contributed by atoms with van der Waals surface area (Å²) in [5.74, 6) is 1.02. The van der Waals surface area contributed by atoms with Crippen LogP contribution in [0, 0.1) is 5.92 Å². The predicted molar refractivity (Wildman–Crippen MR) is 90.5 cm³/mol. The Bertz CT molecular complexity index is 400. The highest BCUT2D eigenvalue weighted by atomic mass is 16.3. The minimum Gasteiger partial charge on any atom is -0.389 e. The van der Waals surface area contributed by atoms with E-state index in [0.29, 0.717) is 11.8 Å². The van der Waals surface area contributed by atoms with Crippen LogP contribution in [-0.2, 0) is 0 Å². The van der Waals surface area contributed by atoms with E-state index in [2.05, 4.69) is 44.2 Å². The lowest BCUT2D eigenvalue weighted by atomic mass is 9.67. The van der Waals surface area contributed by atoms with Crippen LogP contribution in [0.4, 0.5) is 0 Å². The molecule has 1 aliphatic rings.